The maximum absolute atomic E-state index is 13.3. The first kappa shape index (κ1) is 27.3. The van der Waals surface area contributed by atoms with Gasteiger partial charge in [0.1, 0.15) is 24.9 Å². The first-order chi connectivity index (χ1) is 18.4. The van der Waals surface area contributed by atoms with Crippen molar-refractivity contribution in [2.45, 2.75) is 52.2 Å². The van der Waals surface area contributed by atoms with Gasteiger partial charge < -0.3 is 4.74 Å². The number of para-hydroxylation sites is 1. The number of likely N-dealkylation sites (tertiary alicyclic amines) is 1. The molecule has 0 bridgehead atoms. The second kappa shape index (κ2) is 12.2. The van der Waals surface area contributed by atoms with Crippen LogP contribution in [0.1, 0.15) is 54.2 Å². The highest BCUT2D eigenvalue weighted by Crippen LogP contribution is 2.32. The number of aromatic nitrogens is 1. The van der Waals surface area contributed by atoms with Gasteiger partial charge in [0.05, 0.1) is 12.1 Å². The topological polar surface area (TPSA) is 101 Å². The number of piperidine rings is 1. The van der Waals surface area contributed by atoms with Gasteiger partial charge in [0.15, 0.2) is 0 Å². The molecule has 200 valence electrons. The van der Waals surface area contributed by atoms with Crippen LogP contribution < -0.4 is 15.6 Å². The van der Waals surface area contributed by atoms with E-state index in [0.29, 0.717) is 29.1 Å². The van der Waals surface area contributed by atoms with Crippen molar-refractivity contribution < 1.29 is 24.1 Å². The van der Waals surface area contributed by atoms with Crippen LogP contribution in [0.2, 0.25) is 0 Å². The van der Waals surface area contributed by atoms with E-state index in [0.717, 1.165) is 48.0 Å². The number of rotatable bonds is 10. The average Bonchev–Trinajstić information content (AvgIpc) is 2.93. The molecule has 2 aromatic carbocycles. The molecule has 8 nitrogen and oxygen atoms in total. The summed E-state index contributed by atoms with van der Waals surface area (Å²) >= 11 is 0. The van der Waals surface area contributed by atoms with Crippen molar-refractivity contribution in [3.8, 4) is 5.75 Å². The molecule has 3 atom stereocenters. The van der Waals surface area contributed by atoms with Gasteiger partial charge in [0.25, 0.3) is 5.91 Å². The number of hydrogen-bond acceptors (Lipinski definition) is 5. The van der Waals surface area contributed by atoms with Crippen LogP contribution in [-0.2, 0) is 11.4 Å². The Kier molecular flexibility index (Phi) is 8.76. The Balaban J connectivity index is 1.42. The fourth-order valence-corrected chi connectivity index (χ4v) is 5.57. The molecular weight excluding hydrogens is 480 g/mol. The second-order valence-corrected chi connectivity index (χ2v) is 10.1. The molecule has 1 fully saturated rings. The number of benzene rings is 2. The zero-order valence-corrected chi connectivity index (χ0v) is 22.2. The largest absolute Gasteiger partial charge is 0.489 e. The molecule has 2 amide bonds. The van der Waals surface area contributed by atoms with E-state index in [-0.39, 0.29) is 30.2 Å². The van der Waals surface area contributed by atoms with Crippen LogP contribution in [0.25, 0.3) is 10.9 Å². The fourth-order valence-electron chi connectivity index (χ4n) is 5.57. The van der Waals surface area contributed by atoms with E-state index in [2.05, 4.69) is 23.9 Å². The third-order valence-electron chi connectivity index (χ3n) is 7.61. The first-order valence-corrected chi connectivity index (χ1v) is 13.2. The molecule has 0 saturated carbocycles. The molecule has 4 rings (SSSR count). The molecule has 3 unspecified atom stereocenters. The van der Waals surface area contributed by atoms with Gasteiger partial charge in [0, 0.05) is 47.9 Å². The van der Waals surface area contributed by atoms with Gasteiger partial charge in [-0.1, -0.05) is 24.3 Å². The van der Waals surface area contributed by atoms with Crippen molar-refractivity contribution >= 4 is 22.7 Å². The lowest BCUT2D eigenvalue weighted by atomic mass is 9.86. The maximum Gasteiger partial charge on any atom is 0.295 e. The number of amides is 2. The molecule has 3 N–H and O–H groups in total. The van der Waals surface area contributed by atoms with E-state index in [9.17, 15) is 9.59 Å². The van der Waals surface area contributed by atoms with Gasteiger partial charge in [-0.25, -0.2) is 10.1 Å². The second-order valence-electron chi connectivity index (χ2n) is 10.1. The summed E-state index contributed by atoms with van der Waals surface area (Å²) in [6, 6.07) is 17.4. The third kappa shape index (κ3) is 6.20. The standard InChI is InChI=1S/C30H36N4O4/c1-4-8-25-18-22(19-29(35)33-37)15-16-34(25,5-2)32-30(36)23-11-13-26(14-12-23)38-20-24-17-21(3)31-28-10-7-6-9-27(24)28/h4,6-7,9-14,17,22,25H,1,5,8,15-16,18-20H2,2-3H3,(H2-,32,33,35,36,37)/p+1. The van der Waals surface area contributed by atoms with Crippen molar-refractivity contribution in [3.05, 3.63) is 84.1 Å². The van der Waals surface area contributed by atoms with Crippen LogP contribution in [0.3, 0.4) is 0 Å². The van der Waals surface area contributed by atoms with Gasteiger partial charge in [0.2, 0.25) is 5.91 Å². The molecule has 1 aliphatic rings. The number of nitrogens with one attached hydrogen (secondary N) is 2. The molecule has 2 heterocycles. The predicted octanol–water partition coefficient (Wildman–Crippen LogP) is 4.85. The van der Waals surface area contributed by atoms with E-state index in [1.807, 2.05) is 55.5 Å². The number of hydroxylamine groups is 1. The van der Waals surface area contributed by atoms with Crippen LogP contribution in [0.15, 0.2) is 67.3 Å². The van der Waals surface area contributed by atoms with Crippen molar-refractivity contribution in [1.29, 1.82) is 0 Å². The monoisotopic (exact) mass is 517 g/mol. The van der Waals surface area contributed by atoms with Crippen molar-refractivity contribution in [3.63, 3.8) is 0 Å². The summed E-state index contributed by atoms with van der Waals surface area (Å²) in [4.78, 5) is 29.6. The number of carbonyl (C=O) groups excluding carboxylic acids is 2. The predicted molar refractivity (Wildman–Crippen MR) is 146 cm³/mol. The Hall–Kier alpha value is -3.75. The molecule has 0 aliphatic carbocycles. The first-order valence-electron chi connectivity index (χ1n) is 13.2. The third-order valence-corrected chi connectivity index (χ3v) is 7.61. The Bertz CT molecular complexity index is 1290. The van der Waals surface area contributed by atoms with Crippen LogP contribution in [0.5, 0.6) is 5.75 Å². The number of fused-ring (bicyclic) bond motifs is 1. The summed E-state index contributed by atoms with van der Waals surface area (Å²) < 4.78 is 6.50. The number of pyridine rings is 1. The summed E-state index contributed by atoms with van der Waals surface area (Å²) in [5.74, 6) is 0.323. The van der Waals surface area contributed by atoms with Crippen LogP contribution in [0, 0.1) is 12.8 Å². The van der Waals surface area contributed by atoms with Crippen LogP contribution >= 0.6 is 0 Å². The highest BCUT2D eigenvalue weighted by Gasteiger charge is 2.43. The molecule has 3 aromatic rings. The molecule has 1 saturated heterocycles. The van der Waals surface area contributed by atoms with Crippen LogP contribution in [-0.4, -0.2) is 45.7 Å². The van der Waals surface area contributed by atoms with Gasteiger partial charge >= 0.3 is 0 Å². The zero-order valence-electron chi connectivity index (χ0n) is 22.2. The number of carbonyl (C=O) groups is 2. The van der Waals surface area contributed by atoms with E-state index in [1.54, 1.807) is 17.6 Å². The fraction of sp³-hybridized carbons (Fsp3) is 0.367. The summed E-state index contributed by atoms with van der Waals surface area (Å²) in [5.41, 5.74) is 8.53. The summed E-state index contributed by atoms with van der Waals surface area (Å²) in [6.07, 6.45) is 4.42. The number of nitrogens with zero attached hydrogens (tertiary/aromatic N) is 2. The molecule has 8 heteroatoms. The smallest absolute Gasteiger partial charge is 0.295 e. The highest BCUT2D eigenvalue weighted by atomic mass is 16.5. The molecule has 1 aromatic heterocycles. The van der Waals surface area contributed by atoms with E-state index >= 15 is 0 Å². The average molecular weight is 518 g/mol. The summed E-state index contributed by atoms with van der Waals surface area (Å²) in [5, 5.41) is 9.97. The lowest BCUT2D eigenvalue weighted by Gasteiger charge is -2.47. The summed E-state index contributed by atoms with van der Waals surface area (Å²) in [6.45, 7) is 9.79. The molecular formula is C30H37N4O4+. The Morgan fingerprint density at radius 3 is 2.68 bits per heavy atom. The number of aryl methyl sites for hydroxylation is 1. The molecule has 38 heavy (non-hydrogen) atoms. The Morgan fingerprint density at radius 2 is 1.97 bits per heavy atom. The SMILES string of the molecule is C=CCC1CC(CC(=O)NO)CC[N+]1(CC)NC(=O)c1ccc(OCc2cc(C)nc3ccccc23)cc1. The lowest BCUT2D eigenvalue weighted by molar-refractivity contribution is -0.986. The molecule has 1 aliphatic heterocycles. The van der Waals surface area contributed by atoms with Crippen LogP contribution in [0.4, 0.5) is 0 Å². The van der Waals surface area contributed by atoms with Gasteiger partial charge in [-0.2, -0.15) is 5.43 Å². The Morgan fingerprint density at radius 1 is 1.21 bits per heavy atom. The van der Waals surface area contributed by atoms with E-state index in [1.165, 1.54) is 0 Å². The molecule has 0 spiro atoms. The highest BCUT2D eigenvalue weighted by molar-refractivity contribution is 5.93. The van der Waals surface area contributed by atoms with Gasteiger partial charge in [-0.05, 0) is 56.2 Å². The van der Waals surface area contributed by atoms with E-state index < -0.39 is 0 Å². The van der Waals surface area contributed by atoms with Crippen molar-refractivity contribution in [2.75, 3.05) is 13.1 Å². The lowest BCUT2D eigenvalue weighted by Crippen LogP contribution is -2.68. The van der Waals surface area contributed by atoms with Gasteiger partial charge in [-0.3, -0.25) is 19.8 Å². The van der Waals surface area contributed by atoms with Crippen molar-refractivity contribution in [2.24, 2.45) is 5.92 Å². The minimum Gasteiger partial charge on any atom is -0.489 e. The number of ether oxygens (including phenoxy) is 1. The number of quaternary nitrogens is 1. The summed E-state index contributed by atoms with van der Waals surface area (Å²) in [7, 11) is 0. The van der Waals surface area contributed by atoms with Gasteiger partial charge in [-0.15, -0.1) is 6.58 Å². The minimum absolute atomic E-state index is 0.105. The zero-order chi connectivity index (χ0) is 27.1. The Labute approximate surface area is 223 Å². The molecule has 0 radical (unpaired) electrons. The normalized spacial score (nSPS) is 21.0. The number of hydrogen-bond donors (Lipinski definition) is 3. The minimum atomic E-state index is -0.373. The van der Waals surface area contributed by atoms with E-state index in [4.69, 9.17) is 9.94 Å². The maximum atomic E-state index is 13.3. The van der Waals surface area contributed by atoms with Crippen molar-refractivity contribution in [1.82, 2.24) is 15.9 Å². The quantitative estimate of drug-likeness (QED) is 0.154.